The Balaban J connectivity index is 2.26. The van der Waals surface area contributed by atoms with Crippen molar-refractivity contribution >= 4 is 27.5 Å². The maximum Gasteiger partial charge on any atom is 0.0594 e. The van der Waals surface area contributed by atoms with Crippen LogP contribution in [0.1, 0.15) is 30.5 Å². The second-order valence-corrected chi connectivity index (χ2v) is 5.47. The minimum atomic E-state index is -0.192. The Bertz CT molecular complexity index is 539. The van der Waals surface area contributed by atoms with Gasteiger partial charge in [-0.2, -0.15) is 5.10 Å². The first-order valence-corrected chi connectivity index (χ1v) is 7.01. The highest BCUT2D eigenvalue weighted by molar-refractivity contribution is 9.10. The first kappa shape index (κ1) is 13.6. The Labute approximate surface area is 120 Å². The molecule has 0 aliphatic rings. The molecule has 5 heteroatoms. The van der Waals surface area contributed by atoms with Crippen LogP contribution in [0.15, 0.2) is 35.1 Å². The molecule has 0 amide bonds. The Morgan fingerprint density at radius 1 is 1.50 bits per heavy atom. The summed E-state index contributed by atoms with van der Waals surface area (Å²) >= 11 is 9.42. The fourth-order valence-corrected chi connectivity index (χ4v) is 2.75. The van der Waals surface area contributed by atoms with Crippen molar-refractivity contribution in [3.63, 3.8) is 0 Å². The molecule has 1 aromatic carbocycles. The summed E-state index contributed by atoms with van der Waals surface area (Å²) in [5.74, 6) is 0. The highest BCUT2D eigenvalue weighted by Crippen LogP contribution is 2.29. The highest BCUT2D eigenvalue weighted by atomic mass is 79.9. The van der Waals surface area contributed by atoms with Crippen LogP contribution in [-0.4, -0.2) is 9.78 Å². The molecule has 2 rings (SSSR count). The van der Waals surface area contributed by atoms with Crippen molar-refractivity contribution in [1.29, 1.82) is 0 Å². The van der Waals surface area contributed by atoms with Gasteiger partial charge in [-0.3, -0.25) is 4.68 Å². The van der Waals surface area contributed by atoms with Gasteiger partial charge in [0.25, 0.3) is 0 Å². The number of nitrogens with two attached hydrogens (primary N) is 1. The number of rotatable bonds is 4. The van der Waals surface area contributed by atoms with E-state index in [4.69, 9.17) is 17.3 Å². The van der Waals surface area contributed by atoms with Gasteiger partial charge >= 0.3 is 0 Å². The summed E-state index contributed by atoms with van der Waals surface area (Å²) in [6.45, 7) is 3.03. The number of halogens is 2. The third-order valence-corrected chi connectivity index (χ3v) is 3.68. The molecular formula is C13H15BrClN3. The SMILES string of the molecule is CCCn1cc(C(N)c2ccc(Cl)cc2Br)cn1. The van der Waals surface area contributed by atoms with Crippen molar-refractivity contribution in [1.82, 2.24) is 9.78 Å². The van der Waals surface area contributed by atoms with Crippen LogP contribution in [0, 0.1) is 0 Å². The molecule has 2 N–H and O–H groups in total. The van der Waals surface area contributed by atoms with Crippen molar-refractivity contribution in [3.05, 3.63) is 51.2 Å². The second kappa shape index (κ2) is 5.87. The number of hydrogen-bond acceptors (Lipinski definition) is 2. The summed E-state index contributed by atoms with van der Waals surface area (Å²) in [7, 11) is 0. The zero-order valence-corrected chi connectivity index (χ0v) is 12.4. The van der Waals surface area contributed by atoms with E-state index in [-0.39, 0.29) is 6.04 Å². The van der Waals surface area contributed by atoms with E-state index in [1.807, 2.05) is 35.3 Å². The van der Waals surface area contributed by atoms with Crippen molar-refractivity contribution < 1.29 is 0 Å². The lowest BCUT2D eigenvalue weighted by Gasteiger charge is -2.12. The molecule has 0 aliphatic heterocycles. The molecule has 3 nitrogen and oxygen atoms in total. The van der Waals surface area contributed by atoms with E-state index < -0.39 is 0 Å². The average molecular weight is 329 g/mol. The first-order chi connectivity index (χ1) is 8.61. The fourth-order valence-electron chi connectivity index (χ4n) is 1.82. The van der Waals surface area contributed by atoms with Crippen molar-refractivity contribution in [3.8, 4) is 0 Å². The average Bonchev–Trinajstić information content (AvgIpc) is 2.77. The van der Waals surface area contributed by atoms with Crippen LogP contribution in [-0.2, 0) is 6.54 Å². The summed E-state index contributed by atoms with van der Waals surface area (Å²) < 4.78 is 2.84. The molecule has 1 unspecified atom stereocenters. The van der Waals surface area contributed by atoms with E-state index in [0.29, 0.717) is 5.02 Å². The predicted molar refractivity (Wildman–Crippen MR) is 77.7 cm³/mol. The van der Waals surface area contributed by atoms with E-state index in [1.165, 1.54) is 0 Å². The molecule has 0 aliphatic carbocycles. The van der Waals surface area contributed by atoms with Gasteiger partial charge in [-0.25, -0.2) is 0 Å². The molecule has 0 fully saturated rings. The predicted octanol–water partition coefficient (Wildman–Crippen LogP) is 3.76. The van der Waals surface area contributed by atoms with Crippen molar-refractivity contribution in [2.45, 2.75) is 25.9 Å². The molecule has 2 aromatic rings. The Morgan fingerprint density at radius 2 is 2.28 bits per heavy atom. The second-order valence-electron chi connectivity index (χ2n) is 4.18. The highest BCUT2D eigenvalue weighted by Gasteiger charge is 2.14. The number of aromatic nitrogens is 2. The van der Waals surface area contributed by atoms with Gasteiger partial charge in [-0.05, 0) is 24.1 Å². The molecule has 0 spiro atoms. The molecule has 0 radical (unpaired) electrons. The summed E-state index contributed by atoms with van der Waals surface area (Å²) in [6.07, 6.45) is 4.87. The molecule has 1 atom stereocenters. The molecule has 96 valence electrons. The normalized spacial score (nSPS) is 12.7. The van der Waals surface area contributed by atoms with Crippen LogP contribution in [0.5, 0.6) is 0 Å². The summed E-state index contributed by atoms with van der Waals surface area (Å²) in [6, 6.07) is 5.45. The van der Waals surface area contributed by atoms with Gasteiger partial charge in [0.05, 0.1) is 12.2 Å². The topological polar surface area (TPSA) is 43.8 Å². The monoisotopic (exact) mass is 327 g/mol. The quantitative estimate of drug-likeness (QED) is 0.928. The van der Waals surface area contributed by atoms with Crippen molar-refractivity contribution in [2.24, 2.45) is 5.73 Å². The third-order valence-electron chi connectivity index (χ3n) is 2.76. The zero-order chi connectivity index (χ0) is 13.1. The van der Waals surface area contributed by atoms with Gasteiger partial charge in [0.15, 0.2) is 0 Å². The maximum atomic E-state index is 6.25. The molecule has 18 heavy (non-hydrogen) atoms. The lowest BCUT2D eigenvalue weighted by molar-refractivity contribution is 0.602. The maximum absolute atomic E-state index is 6.25. The summed E-state index contributed by atoms with van der Waals surface area (Å²) in [5.41, 5.74) is 8.27. The zero-order valence-electron chi connectivity index (χ0n) is 10.1. The smallest absolute Gasteiger partial charge is 0.0594 e. The molecule has 0 saturated heterocycles. The molecule has 0 saturated carbocycles. The standard InChI is InChI=1S/C13H15BrClN3/c1-2-5-18-8-9(7-17-18)13(16)11-4-3-10(15)6-12(11)14/h3-4,6-8,13H,2,5,16H2,1H3. The minimum absolute atomic E-state index is 0.192. The lowest BCUT2D eigenvalue weighted by Crippen LogP contribution is -2.11. The van der Waals surface area contributed by atoms with E-state index >= 15 is 0 Å². The number of nitrogens with zero attached hydrogens (tertiary/aromatic N) is 2. The van der Waals surface area contributed by atoms with Gasteiger partial charge in [-0.1, -0.05) is 40.5 Å². The molecule has 0 bridgehead atoms. The molecular weight excluding hydrogens is 314 g/mol. The number of aryl methyl sites for hydroxylation is 1. The van der Waals surface area contributed by atoms with Gasteiger partial charge in [-0.15, -0.1) is 0 Å². The molecule has 1 aromatic heterocycles. The van der Waals surface area contributed by atoms with Gasteiger partial charge < -0.3 is 5.73 Å². The van der Waals surface area contributed by atoms with Crippen LogP contribution >= 0.6 is 27.5 Å². The largest absolute Gasteiger partial charge is 0.320 e. The van der Waals surface area contributed by atoms with E-state index in [0.717, 1.165) is 28.6 Å². The number of benzene rings is 1. The Hall–Kier alpha value is -0.840. The summed E-state index contributed by atoms with van der Waals surface area (Å²) in [5, 5.41) is 4.99. The summed E-state index contributed by atoms with van der Waals surface area (Å²) in [4.78, 5) is 0. The lowest BCUT2D eigenvalue weighted by atomic mass is 10.0. The van der Waals surface area contributed by atoms with Crippen LogP contribution < -0.4 is 5.73 Å². The number of hydrogen-bond donors (Lipinski definition) is 1. The first-order valence-electron chi connectivity index (χ1n) is 5.84. The van der Waals surface area contributed by atoms with Gasteiger partial charge in [0, 0.05) is 27.8 Å². The van der Waals surface area contributed by atoms with Gasteiger partial charge in [0.2, 0.25) is 0 Å². The van der Waals surface area contributed by atoms with Crippen LogP contribution in [0.2, 0.25) is 5.02 Å². The van der Waals surface area contributed by atoms with Crippen LogP contribution in [0.3, 0.4) is 0 Å². The molecule has 1 heterocycles. The Kier molecular flexibility index (Phi) is 4.43. The van der Waals surface area contributed by atoms with E-state index in [1.54, 1.807) is 0 Å². The fraction of sp³-hybridized carbons (Fsp3) is 0.308. The Morgan fingerprint density at radius 3 is 2.94 bits per heavy atom. The minimum Gasteiger partial charge on any atom is -0.320 e. The third kappa shape index (κ3) is 2.94. The van der Waals surface area contributed by atoms with Crippen LogP contribution in [0.25, 0.3) is 0 Å². The van der Waals surface area contributed by atoms with Gasteiger partial charge in [0.1, 0.15) is 0 Å². The van der Waals surface area contributed by atoms with Crippen LogP contribution in [0.4, 0.5) is 0 Å². The van der Waals surface area contributed by atoms with E-state index in [2.05, 4.69) is 28.0 Å². The van der Waals surface area contributed by atoms with Crippen molar-refractivity contribution in [2.75, 3.05) is 0 Å². The van der Waals surface area contributed by atoms with E-state index in [9.17, 15) is 0 Å².